The highest BCUT2D eigenvalue weighted by molar-refractivity contribution is 5.97. The van der Waals surface area contributed by atoms with Crippen LogP contribution in [0.15, 0.2) is 11.6 Å². The van der Waals surface area contributed by atoms with Crippen LogP contribution < -0.4 is 10.6 Å². The van der Waals surface area contributed by atoms with Crippen LogP contribution in [0.2, 0.25) is 0 Å². The van der Waals surface area contributed by atoms with E-state index in [1.165, 1.54) is 4.90 Å². The molecule has 2 heterocycles. The van der Waals surface area contributed by atoms with Gasteiger partial charge in [0.1, 0.15) is 12.1 Å². The Hall–Kier alpha value is -2.50. The summed E-state index contributed by atoms with van der Waals surface area (Å²) < 4.78 is 0. The molecule has 11 heteroatoms. The van der Waals surface area contributed by atoms with Gasteiger partial charge in [0.15, 0.2) is 0 Å². The maximum absolute atomic E-state index is 14.1. The van der Waals surface area contributed by atoms with Gasteiger partial charge in [-0.3, -0.25) is 24.1 Å². The molecule has 2 rings (SSSR count). The quantitative estimate of drug-likeness (QED) is 0.247. The lowest BCUT2D eigenvalue weighted by atomic mass is 9.84. The minimum atomic E-state index is -0.783. The molecule has 4 amide bonds. The molecule has 4 atom stereocenters. The molecule has 0 radical (unpaired) electrons. The Balaban J connectivity index is 2.26. The Labute approximate surface area is 258 Å². The van der Waals surface area contributed by atoms with E-state index in [9.17, 15) is 29.4 Å². The Morgan fingerprint density at radius 2 is 1.49 bits per heavy atom. The lowest BCUT2D eigenvalue weighted by Gasteiger charge is -2.41. The molecular weight excluding hydrogens is 550 g/mol. The Kier molecular flexibility index (Phi) is 13.6. The van der Waals surface area contributed by atoms with Gasteiger partial charge in [0, 0.05) is 25.2 Å². The molecule has 0 aromatic heterocycles. The minimum absolute atomic E-state index is 0.0321. The van der Waals surface area contributed by atoms with Gasteiger partial charge in [0.05, 0.1) is 31.3 Å². The number of hydrogen-bond donors (Lipinski definition) is 4. The summed E-state index contributed by atoms with van der Waals surface area (Å²) in [6.07, 6.45) is 5.73. The van der Waals surface area contributed by atoms with E-state index in [1.54, 1.807) is 24.9 Å². The van der Waals surface area contributed by atoms with Crippen LogP contribution in [0.1, 0.15) is 87.5 Å². The van der Waals surface area contributed by atoms with E-state index in [0.717, 1.165) is 25.8 Å². The number of nitrogens with one attached hydrogen (secondary N) is 2. The second-order valence-electron chi connectivity index (χ2n) is 13.9. The zero-order valence-corrected chi connectivity index (χ0v) is 27.9. The number of aliphatic hydroxyl groups excluding tert-OH is 2. The van der Waals surface area contributed by atoms with Crippen LogP contribution in [0.3, 0.4) is 0 Å². The minimum Gasteiger partial charge on any atom is -0.394 e. The van der Waals surface area contributed by atoms with Crippen molar-refractivity contribution in [3.63, 3.8) is 0 Å². The van der Waals surface area contributed by atoms with E-state index in [1.807, 2.05) is 34.6 Å². The van der Waals surface area contributed by atoms with Crippen molar-refractivity contribution in [3.05, 3.63) is 11.6 Å². The van der Waals surface area contributed by atoms with Crippen molar-refractivity contribution in [2.45, 2.75) is 124 Å². The van der Waals surface area contributed by atoms with Crippen LogP contribution in [0.5, 0.6) is 0 Å². The molecule has 11 nitrogen and oxygen atoms in total. The summed E-state index contributed by atoms with van der Waals surface area (Å²) in [5, 5.41) is 24.4. The average Bonchev–Trinajstić information content (AvgIpc) is 3.45. The molecule has 2 fully saturated rings. The number of hydrogen-bond acceptors (Lipinski definition) is 7. The van der Waals surface area contributed by atoms with E-state index >= 15 is 0 Å². The number of rotatable bonds is 12. The standard InChI is InChI=1S/C32H57N5O6/c1-20(2)26(17-22(5)30(42)37-16-12-14-25(37)28(40)33-23(18-38)19-39)35(9)31(43)27(32(6,7)8)34-29(41)24-13-10-11-15-36(24)21(3)4/h17,20-21,23-27,38-39H,10-16,18-19H2,1-9H3,(H,33,40)(H,34,41)/t24-,25+,26-,27-/m1/s1. The molecule has 2 aliphatic rings. The number of carbonyl (C=O) groups excluding carboxylic acids is 4. The van der Waals surface area contributed by atoms with Gasteiger partial charge in [-0.15, -0.1) is 0 Å². The van der Waals surface area contributed by atoms with Crippen LogP contribution in [0.25, 0.3) is 0 Å². The van der Waals surface area contributed by atoms with Crippen molar-refractivity contribution < 1.29 is 29.4 Å². The van der Waals surface area contributed by atoms with E-state index in [-0.39, 0.29) is 35.7 Å². The highest BCUT2D eigenvalue weighted by atomic mass is 16.3. The zero-order valence-electron chi connectivity index (χ0n) is 27.9. The zero-order chi connectivity index (χ0) is 32.6. The highest BCUT2D eigenvalue weighted by Crippen LogP contribution is 2.27. The molecule has 2 saturated heterocycles. The molecule has 0 saturated carbocycles. The molecule has 43 heavy (non-hydrogen) atoms. The smallest absolute Gasteiger partial charge is 0.249 e. The van der Waals surface area contributed by atoms with Gasteiger partial charge in [-0.1, -0.05) is 47.1 Å². The van der Waals surface area contributed by atoms with E-state index in [0.29, 0.717) is 25.0 Å². The first-order valence-electron chi connectivity index (χ1n) is 15.9. The Bertz CT molecular complexity index is 1000. The van der Waals surface area contributed by atoms with E-state index in [2.05, 4.69) is 29.4 Å². The molecule has 4 N–H and O–H groups in total. The molecule has 2 aliphatic heterocycles. The van der Waals surface area contributed by atoms with Gasteiger partial charge in [0.2, 0.25) is 23.6 Å². The number of carbonyl (C=O) groups is 4. The van der Waals surface area contributed by atoms with E-state index < -0.39 is 48.7 Å². The number of aliphatic hydroxyl groups is 2. The predicted molar refractivity (Wildman–Crippen MR) is 167 cm³/mol. The van der Waals surface area contributed by atoms with Crippen LogP contribution >= 0.6 is 0 Å². The summed E-state index contributed by atoms with van der Waals surface area (Å²) in [6, 6.07) is -2.71. The maximum Gasteiger partial charge on any atom is 0.249 e. The lowest BCUT2D eigenvalue weighted by Crippen LogP contribution is -2.60. The second-order valence-corrected chi connectivity index (χ2v) is 13.9. The van der Waals surface area contributed by atoms with Crippen molar-refractivity contribution in [2.75, 3.05) is 33.4 Å². The summed E-state index contributed by atoms with van der Waals surface area (Å²) in [6.45, 7) is 16.1. The van der Waals surface area contributed by atoms with Crippen LogP contribution in [0.4, 0.5) is 0 Å². The third-order valence-electron chi connectivity index (χ3n) is 8.75. The molecule has 246 valence electrons. The van der Waals surface area contributed by atoms with Gasteiger partial charge < -0.3 is 30.6 Å². The van der Waals surface area contributed by atoms with Crippen molar-refractivity contribution >= 4 is 23.6 Å². The molecule has 0 aromatic carbocycles. The number of amides is 4. The van der Waals surface area contributed by atoms with Crippen molar-refractivity contribution in [1.82, 2.24) is 25.3 Å². The second kappa shape index (κ2) is 16.0. The summed E-state index contributed by atoms with van der Waals surface area (Å²) in [4.78, 5) is 59.4. The largest absolute Gasteiger partial charge is 0.394 e. The third kappa shape index (κ3) is 9.49. The van der Waals surface area contributed by atoms with Crippen molar-refractivity contribution in [1.29, 1.82) is 0 Å². The molecule has 0 bridgehead atoms. The summed E-state index contributed by atoms with van der Waals surface area (Å²) >= 11 is 0. The third-order valence-corrected chi connectivity index (χ3v) is 8.75. The molecular formula is C32H57N5O6. The fourth-order valence-corrected chi connectivity index (χ4v) is 6.13. The van der Waals surface area contributed by atoms with Gasteiger partial charge >= 0.3 is 0 Å². The first-order valence-corrected chi connectivity index (χ1v) is 15.9. The number of piperidine rings is 1. The molecule has 0 unspecified atom stereocenters. The van der Waals surface area contributed by atoms with Crippen LogP contribution in [0, 0.1) is 11.3 Å². The number of likely N-dealkylation sites (N-methyl/N-ethyl adjacent to an activating group) is 1. The van der Waals surface area contributed by atoms with Gasteiger partial charge in [0.25, 0.3) is 0 Å². The molecule has 0 aromatic rings. The van der Waals surface area contributed by atoms with Crippen molar-refractivity contribution in [3.8, 4) is 0 Å². The fourth-order valence-electron chi connectivity index (χ4n) is 6.13. The Morgan fingerprint density at radius 3 is 2.02 bits per heavy atom. The summed E-state index contributed by atoms with van der Waals surface area (Å²) in [5.74, 6) is -1.07. The van der Waals surface area contributed by atoms with Gasteiger partial charge in [-0.05, 0) is 64.3 Å². The monoisotopic (exact) mass is 607 g/mol. The fraction of sp³-hybridized carbons (Fsp3) is 0.812. The van der Waals surface area contributed by atoms with Crippen molar-refractivity contribution in [2.24, 2.45) is 11.3 Å². The SMILES string of the molecule is CC(=C[C@H](C(C)C)N(C)C(=O)[C@@H](NC(=O)[C@H]1CCCCN1C(C)C)C(C)(C)C)C(=O)N1CCC[C@H]1C(=O)NC(CO)CO. The summed E-state index contributed by atoms with van der Waals surface area (Å²) in [7, 11) is 1.71. The first-order chi connectivity index (χ1) is 20.0. The average molecular weight is 608 g/mol. The predicted octanol–water partition coefficient (Wildman–Crippen LogP) is 1.67. The Morgan fingerprint density at radius 1 is 0.907 bits per heavy atom. The molecule has 0 spiro atoms. The highest BCUT2D eigenvalue weighted by Gasteiger charge is 2.40. The van der Waals surface area contributed by atoms with Crippen LogP contribution in [-0.4, -0.2) is 118 Å². The van der Waals surface area contributed by atoms with Gasteiger partial charge in [-0.25, -0.2) is 0 Å². The van der Waals surface area contributed by atoms with Crippen LogP contribution in [-0.2, 0) is 19.2 Å². The lowest BCUT2D eigenvalue weighted by molar-refractivity contribution is -0.142. The summed E-state index contributed by atoms with van der Waals surface area (Å²) in [5.41, 5.74) is -0.129. The topological polar surface area (TPSA) is 143 Å². The number of nitrogens with zero attached hydrogens (tertiary/aromatic N) is 3. The van der Waals surface area contributed by atoms with E-state index in [4.69, 9.17) is 0 Å². The number of likely N-dealkylation sites (tertiary alicyclic amines) is 2. The first kappa shape index (κ1) is 36.7. The maximum atomic E-state index is 14.1. The molecule has 0 aliphatic carbocycles. The van der Waals surface area contributed by atoms with Gasteiger partial charge in [-0.2, -0.15) is 0 Å². The normalized spacial score (nSPS) is 21.7.